The lowest BCUT2D eigenvalue weighted by atomic mass is 9.97. The number of aromatic nitrogens is 4. The number of nitrogens with zero attached hydrogens (tertiary/aromatic N) is 5. The molecule has 0 aliphatic carbocycles. The Bertz CT molecular complexity index is 1250. The van der Waals surface area contributed by atoms with Gasteiger partial charge in [-0.25, -0.2) is 9.07 Å². The smallest absolute Gasteiger partial charge is 0.274 e. The van der Waals surface area contributed by atoms with Gasteiger partial charge in [-0.05, 0) is 50.1 Å². The van der Waals surface area contributed by atoms with Crippen molar-refractivity contribution < 1.29 is 13.7 Å². The van der Waals surface area contributed by atoms with Gasteiger partial charge in [0.05, 0.1) is 11.6 Å². The van der Waals surface area contributed by atoms with Crippen molar-refractivity contribution in [1.29, 1.82) is 0 Å². The Labute approximate surface area is 184 Å². The standard InChI is InChI=1S/C24H22FN5O2/c1-16-13-21(27-30(16)20-10-3-2-4-11-20)24(31)29-12-6-8-18(15-29)23-26-22(28-32-23)17-7-5-9-19(25)14-17/h2-5,7,9-11,13-14,18H,6,8,12,15H2,1H3. The van der Waals surface area contributed by atoms with Crippen LogP contribution in [0, 0.1) is 12.7 Å². The highest BCUT2D eigenvalue weighted by Gasteiger charge is 2.30. The van der Waals surface area contributed by atoms with E-state index in [1.54, 1.807) is 21.7 Å². The molecule has 7 nitrogen and oxygen atoms in total. The molecule has 4 aromatic rings. The summed E-state index contributed by atoms with van der Waals surface area (Å²) in [5, 5.41) is 8.55. The van der Waals surface area contributed by atoms with Gasteiger partial charge in [-0.15, -0.1) is 0 Å². The van der Waals surface area contributed by atoms with Crippen LogP contribution in [0.15, 0.2) is 65.2 Å². The Morgan fingerprint density at radius 2 is 1.97 bits per heavy atom. The highest BCUT2D eigenvalue weighted by molar-refractivity contribution is 5.92. The first kappa shape index (κ1) is 20.1. The van der Waals surface area contributed by atoms with Gasteiger partial charge < -0.3 is 9.42 Å². The summed E-state index contributed by atoms with van der Waals surface area (Å²) < 4.78 is 20.8. The van der Waals surface area contributed by atoms with Crippen LogP contribution in [0.1, 0.15) is 40.8 Å². The zero-order valence-electron chi connectivity index (χ0n) is 17.6. The third kappa shape index (κ3) is 3.91. The summed E-state index contributed by atoms with van der Waals surface area (Å²) in [5.74, 6) is 0.277. The number of hydrogen-bond donors (Lipinski definition) is 0. The molecule has 1 fully saturated rings. The van der Waals surface area contributed by atoms with E-state index < -0.39 is 0 Å². The average Bonchev–Trinajstić information content (AvgIpc) is 3.47. The van der Waals surface area contributed by atoms with Crippen molar-refractivity contribution in [2.24, 2.45) is 0 Å². The molecule has 5 rings (SSSR count). The van der Waals surface area contributed by atoms with Gasteiger partial charge in [0.15, 0.2) is 5.69 Å². The molecule has 1 saturated heterocycles. The van der Waals surface area contributed by atoms with Crippen molar-refractivity contribution in [3.8, 4) is 17.1 Å². The van der Waals surface area contributed by atoms with Crippen LogP contribution in [0.25, 0.3) is 17.1 Å². The van der Waals surface area contributed by atoms with Crippen LogP contribution in [0.2, 0.25) is 0 Å². The molecular formula is C24H22FN5O2. The first-order chi connectivity index (χ1) is 15.6. The monoisotopic (exact) mass is 431 g/mol. The van der Waals surface area contributed by atoms with E-state index in [1.807, 2.05) is 43.3 Å². The van der Waals surface area contributed by atoms with Crippen molar-refractivity contribution in [1.82, 2.24) is 24.8 Å². The van der Waals surface area contributed by atoms with E-state index in [1.165, 1.54) is 12.1 Å². The van der Waals surface area contributed by atoms with Gasteiger partial charge in [-0.1, -0.05) is 35.5 Å². The topological polar surface area (TPSA) is 77.1 Å². The lowest BCUT2D eigenvalue weighted by Crippen LogP contribution is -2.39. The van der Waals surface area contributed by atoms with E-state index in [0.717, 1.165) is 24.2 Å². The van der Waals surface area contributed by atoms with Crippen LogP contribution >= 0.6 is 0 Å². The second-order valence-corrected chi connectivity index (χ2v) is 7.98. The molecule has 1 aliphatic heterocycles. The summed E-state index contributed by atoms with van der Waals surface area (Å²) in [6.07, 6.45) is 1.67. The minimum Gasteiger partial charge on any atom is -0.339 e. The average molecular weight is 431 g/mol. The zero-order valence-corrected chi connectivity index (χ0v) is 17.6. The molecule has 0 spiro atoms. The minimum atomic E-state index is -0.353. The predicted molar refractivity (Wildman–Crippen MR) is 116 cm³/mol. The van der Waals surface area contributed by atoms with Gasteiger partial charge in [0.1, 0.15) is 5.82 Å². The van der Waals surface area contributed by atoms with Gasteiger partial charge in [0.2, 0.25) is 11.7 Å². The van der Waals surface area contributed by atoms with Crippen molar-refractivity contribution >= 4 is 5.91 Å². The number of aryl methyl sites for hydroxylation is 1. The van der Waals surface area contributed by atoms with Gasteiger partial charge >= 0.3 is 0 Å². The lowest BCUT2D eigenvalue weighted by Gasteiger charge is -2.30. The Morgan fingerprint density at radius 3 is 2.78 bits per heavy atom. The Balaban J connectivity index is 1.33. The maximum atomic E-state index is 13.5. The molecule has 32 heavy (non-hydrogen) atoms. The van der Waals surface area contributed by atoms with Crippen LogP contribution in [-0.2, 0) is 0 Å². The molecule has 0 bridgehead atoms. The molecule has 0 N–H and O–H groups in total. The number of halogens is 1. The van der Waals surface area contributed by atoms with Crippen LogP contribution < -0.4 is 0 Å². The SMILES string of the molecule is Cc1cc(C(=O)N2CCCC(c3nc(-c4cccc(F)c4)no3)C2)nn1-c1ccccc1. The third-order valence-corrected chi connectivity index (χ3v) is 5.69. The van der Waals surface area contributed by atoms with E-state index in [4.69, 9.17) is 4.52 Å². The van der Waals surface area contributed by atoms with E-state index in [0.29, 0.717) is 36.1 Å². The molecule has 1 atom stereocenters. The van der Waals surface area contributed by atoms with E-state index >= 15 is 0 Å². The van der Waals surface area contributed by atoms with Crippen LogP contribution in [0.5, 0.6) is 0 Å². The molecule has 1 unspecified atom stereocenters. The fourth-order valence-corrected chi connectivity index (χ4v) is 4.08. The number of likely N-dealkylation sites (tertiary alicyclic amines) is 1. The number of rotatable bonds is 4. The summed E-state index contributed by atoms with van der Waals surface area (Å²) in [6.45, 7) is 3.06. The van der Waals surface area contributed by atoms with Crippen LogP contribution in [0.3, 0.4) is 0 Å². The molecule has 0 saturated carbocycles. The molecule has 2 aromatic carbocycles. The summed E-state index contributed by atoms with van der Waals surface area (Å²) in [7, 11) is 0. The van der Waals surface area contributed by atoms with E-state index in [9.17, 15) is 9.18 Å². The maximum Gasteiger partial charge on any atom is 0.274 e. The normalized spacial score (nSPS) is 16.3. The number of carbonyl (C=O) groups excluding carboxylic acids is 1. The summed E-state index contributed by atoms with van der Waals surface area (Å²) in [4.78, 5) is 19.4. The van der Waals surface area contributed by atoms with E-state index in [-0.39, 0.29) is 17.6 Å². The first-order valence-electron chi connectivity index (χ1n) is 10.6. The summed E-state index contributed by atoms with van der Waals surface area (Å²) >= 11 is 0. The fourth-order valence-electron chi connectivity index (χ4n) is 4.08. The van der Waals surface area contributed by atoms with Gasteiger partial charge in [0, 0.05) is 24.3 Å². The Kier molecular flexibility index (Phi) is 5.26. The van der Waals surface area contributed by atoms with Crippen molar-refractivity contribution in [2.45, 2.75) is 25.7 Å². The quantitative estimate of drug-likeness (QED) is 0.479. The number of benzene rings is 2. The highest BCUT2D eigenvalue weighted by Crippen LogP contribution is 2.28. The molecule has 8 heteroatoms. The Hall–Kier alpha value is -3.81. The maximum absolute atomic E-state index is 13.5. The predicted octanol–water partition coefficient (Wildman–Crippen LogP) is 4.39. The molecular weight excluding hydrogens is 409 g/mol. The fraction of sp³-hybridized carbons (Fsp3) is 0.250. The Morgan fingerprint density at radius 1 is 1.12 bits per heavy atom. The highest BCUT2D eigenvalue weighted by atomic mass is 19.1. The number of hydrogen-bond acceptors (Lipinski definition) is 5. The molecule has 0 radical (unpaired) electrons. The number of piperidine rings is 1. The third-order valence-electron chi connectivity index (χ3n) is 5.69. The summed E-state index contributed by atoms with van der Waals surface area (Å²) in [6, 6.07) is 17.6. The van der Waals surface area contributed by atoms with Crippen LogP contribution in [0.4, 0.5) is 4.39 Å². The van der Waals surface area contributed by atoms with Crippen LogP contribution in [-0.4, -0.2) is 43.8 Å². The largest absolute Gasteiger partial charge is 0.339 e. The van der Waals surface area contributed by atoms with Gasteiger partial charge in [0.25, 0.3) is 5.91 Å². The molecule has 2 aromatic heterocycles. The van der Waals surface area contributed by atoms with Crippen molar-refractivity contribution in [2.75, 3.05) is 13.1 Å². The minimum absolute atomic E-state index is 0.0696. The first-order valence-corrected chi connectivity index (χ1v) is 10.6. The zero-order chi connectivity index (χ0) is 22.1. The van der Waals surface area contributed by atoms with Crippen molar-refractivity contribution in [3.63, 3.8) is 0 Å². The van der Waals surface area contributed by atoms with E-state index in [2.05, 4.69) is 15.2 Å². The number of amides is 1. The molecule has 1 amide bonds. The van der Waals surface area contributed by atoms with Gasteiger partial charge in [-0.2, -0.15) is 10.1 Å². The van der Waals surface area contributed by atoms with Gasteiger partial charge in [-0.3, -0.25) is 4.79 Å². The second-order valence-electron chi connectivity index (χ2n) is 7.98. The number of carbonyl (C=O) groups is 1. The molecule has 3 heterocycles. The lowest BCUT2D eigenvalue weighted by molar-refractivity contribution is 0.0689. The van der Waals surface area contributed by atoms with Crippen molar-refractivity contribution in [3.05, 3.63) is 83.8 Å². The summed E-state index contributed by atoms with van der Waals surface area (Å²) in [5.41, 5.74) is 2.78. The second kappa shape index (κ2) is 8.37. The molecule has 162 valence electrons. The molecule has 1 aliphatic rings. The number of para-hydroxylation sites is 1.